The summed E-state index contributed by atoms with van der Waals surface area (Å²) < 4.78 is 10.9. The molecule has 256 valence electrons. The van der Waals surface area contributed by atoms with Crippen molar-refractivity contribution in [3.8, 4) is 0 Å². The molecule has 1 aromatic rings. The molecule has 0 spiro atoms. The maximum Gasteiger partial charge on any atom is 0.329 e. The number of carbonyl (C=O) groups excluding carboxylic acids is 3. The maximum atomic E-state index is 14.5. The highest BCUT2D eigenvalue weighted by atomic mass is 16.5. The number of carboxylic acid groups (broad SMARTS) is 1. The molecule has 9 atom stereocenters. The number of amides is 1. The number of hydrogen-bond acceptors (Lipinski definition) is 6. The predicted molar refractivity (Wildman–Crippen MR) is 177 cm³/mol. The summed E-state index contributed by atoms with van der Waals surface area (Å²) in [4.78, 5) is 51.4. The molecular formula is C39H53NO7. The van der Waals surface area contributed by atoms with Crippen molar-refractivity contribution in [2.75, 3.05) is 13.2 Å². The van der Waals surface area contributed by atoms with Crippen LogP contribution in [0.2, 0.25) is 0 Å². The summed E-state index contributed by atoms with van der Waals surface area (Å²) in [6, 6.07) is 9.75. The zero-order valence-corrected chi connectivity index (χ0v) is 28.8. The fourth-order valence-corrected chi connectivity index (χ4v) is 11.6. The topological polar surface area (TPSA) is 119 Å². The molecule has 4 saturated carbocycles. The molecule has 9 unspecified atom stereocenters. The summed E-state index contributed by atoms with van der Waals surface area (Å²) in [5.74, 6) is -0.703. The number of allylic oxidation sites excluding steroid dienone is 2. The summed E-state index contributed by atoms with van der Waals surface area (Å²) in [5, 5.41) is 12.0. The van der Waals surface area contributed by atoms with E-state index in [1.165, 1.54) is 5.57 Å². The second kappa shape index (κ2) is 12.5. The van der Waals surface area contributed by atoms with Crippen LogP contribution in [0.3, 0.4) is 0 Å². The second-order valence-electron chi connectivity index (χ2n) is 16.8. The largest absolute Gasteiger partial charge is 0.480 e. The molecule has 1 aromatic carbocycles. The Morgan fingerprint density at radius 1 is 0.872 bits per heavy atom. The van der Waals surface area contributed by atoms with Gasteiger partial charge in [-0.2, -0.15) is 0 Å². The molecule has 1 amide bonds. The van der Waals surface area contributed by atoms with E-state index in [1.807, 2.05) is 36.4 Å². The van der Waals surface area contributed by atoms with E-state index in [0.29, 0.717) is 12.5 Å². The van der Waals surface area contributed by atoms with Crippen LogP contribution >= 0.6 is 0 Å². The first-order valence-corrected chi connectivity index (χ1v) is 17.7. The third-order valence-electron chi connectivity index (χ3n) is 13.8. The third kappa shape index (κ3) is 5.97. The number of hydrogen-bond donors (Lipinski definition) is 2. The van der Waals surface area contributed by atoms with Crippen molar-refractivity contribution in [1.29, 1.82) is 0 Å². The van der Waals surface area contributed by atoms with E-state index in [0.717, 1.165) is 63.4 Å². The molecule has 5 aliphatic carbocycles. The van der Waals surface area contributed by atoms with Gasteiger partial charge in [-0.15, -0.1) is 0 Å². The van der Waals surface area contributed by atoms with E-state index in [2.05, 4.69) is 39.9 Å². The van der Waals surface area contributed by atoms with Crippen LogP contribution in [0.25, 0.3) is 0 Å². The van der Waals surface area contributed by atoms with E-state index < -0.39 is 12.6 Å². The van der Waals surface area contributed by atoms with Crippen molar-refractivity contribution < 1.29 is 33.8 Å². The number of ketones is 1. The molecular weight excluding hydrogens is 594 g/mol. The van der Waals surface area contributed by atoms with Gasteiger partial charge in [0, 0.05) is 12.0 Å². The Balaban J connectivity index is 1.20. The van der Waals surface area contributed by atoms with Crippen LogP contribution in [-0.4, -0.2) is 48.0 Å². The summed E-state index contributed by atoms with van der Waals surface area (Å²) in [7, 11) is 0. The van der Waals surface area contributed by atoms with Crippen molar-refractivity contribution in [1.82, 2.24) is 5.32 Å². The lowest BCUT2D eigenvalue weighted by atomic mass is 9.37. The molecule has 5 aliphatic rings. The van der Waals surface area contributed by atoms with Gasteiger partial charge in [-0.3, -0.25) is 14.4 Å². The van der Waals surface area contributed by atoms with Gasteiger partial charge in [-0.25, -0.2) is 4.79 Å². The monoisotopic (exact) mass is 647 g/mol. The van der Waals surface area contributed by atoms with Crippen molar-refractivity contribution in [3.05, 3.63) is 47.5 Å². The van der Waals surface area contributed by atoms with Crippen LogP contribution in [0, 0.1) is 51.2 Å². The first kappa shape index (κ1) is 33.9. The van der Waals surface area contributed by atoms with E-state index >= 15 is 0 Å². The Labute approximate surface area is 279 Å². The summed E-state index contributed by atoms with van der Waals surface area (Å²) in [6.07, 6.45) is 10.4. The Morgan fingerprint density at radius 3 is 2.30 bits per heavy atom. The van der Waals surface area contributed by atoms with Crippen LogP contribution < -0.4 is 5.32 Å². The third-order valence-corrected chi connectivity index (χ3v) is 13.8. The fraction of sp³-hybridized carbons (Fsp3) is 0.692. The van der Waals surface area contributed by atoms with E-state index in [1.54, 1.807) is 0 Å². The Hall–Kier alpha value is -3.00. The predicted octanol–water partition coefficient (Wildman–Crippen LogP) is 6.52. The summed E-state index contributed by atoms with van der Waals surface area (Å²) >= 11 is 0. The molecule has 8 heteroatoms. The highest BCUT2D eigenvalue weighted by Crippen LogP contribution is 2.71. The zero-order valence-electron chi connectivity index (χ0n) is 28.8. The molecule has 0 bridgehead atoms. The minimum atomic E-state index is -1.10. The molecule has 0 aliphatic heterocycles. The first-order chi connectivity index (χ1) is 22.2. The first-order valence-electron chi connectivity index (χ1n) is 17.7. The SMILES string of the molecule is CC12CCC(C(=O)OCc3ccccc3)CC1C1=CC(=O)C3C(C)(CCC4C(C)(C)C(NC(=O)COCC(=O)O)CCC43C)C1CC2. The highest BCUT2D eigenvalue weighted by Gasteiger charge is 2.66. The van der Waals surface area contributed by atoms with Gasteiger partial charge in [-0.05, 0) is 109 Å². The Bertz CT molecular complexity index is 1440. The van der Waals surface area contributed by atoms with Crippen LogP contribution in [0.1, 0.15) is 98.0 Å². The number of carboxylic acids is 1. The van der Waals surface area contributed by atoms with Crippen molar-refractivity contribution in [2.24, 2.45) is 51.2 Å². The second-order valence-corrected chi connectivity index (χ2v) is 16.8. The summed E-state index contributed by atoms with van der Waals surface area (Å²) in [5.41, 5.74) is 1.79. The van der Waals surface area contributed by atoms with Gasteiger partial charge in [0.1, 0.15) is 19.8 Å². The van der Waals surface area contributed by atoms with E-state index in [4.69, 9.17) is 14.6 Å². The van der Waals surface area contributed by atoms with Crippen molar-refractivity contribution in [2.45, 2.75) is 105 Å². The average molecular weight is 648 g/mol. The van der Waals surface area contributed by atoms with Crippen LogP contribution in [-0.2, 0) is 35.3 Å². The molecule has 2 N–H and O–H groups in total. The number of nitrogens with one attached hydrogen (secondary N) is 1. The average Bonchev–Trinajstić information content (AvgIpc) is 3.01. The van der Waals surface area contributed by atoms with Gasteiger partial charge in [0.15, 0.2) is 5.78 Å². The molecule has 8 nitrogen and oxygen atoms in total. The number of ether oxygens (including phenoxy) is 2. The van der Waals surface area contributed by atoms with E-state index in [-0.39, 0.29) is 75.6 Å². The van der Waals surface area contributed by atoms with Gasteiger partial charge in [0.05, 0.1) is 5.92 Å². The smallest absolute Gasteiger partial charge is 0.329 e. The molecule has 0 radical (unpaired) electrons. The number of carbonyl (C=O) groups is 4. The maximum absolute atomic E-state index is 14.5. The Kier molecular flexibility index (Phi) is 8.99. The number of fused-ring (bicyclic) bond motifs is 7. The molecule has 0 aromatic heterocycles. The van der Waals surface area contributed by atoms with Gasteiger partial charge in [-0.1, -0.05) is 70.5 Å². The van der Waals surface area contributed by atoms with Crippen molar-refractivity contribution in [3.63, 3.8) is 0 Å². The number of esters is 1. The number of rotatable bonds is 8. The minimum absolute atomic E-state index is 0.0770. The van der Waals surface area contributed by atoms with Gasteiger partial charge >= 0.3 is 11.9 Å². The fourth-order valence-electron chi connectivity index (χ4n) is 11.6. The lowest BCUT2D eigenvalue weighted by Gasteiger charge is -2.67. The summed E-state index contributed by atoms with van der Waals surface area (Å²) in [6.45, 7) is 11.1. The molecule has 0 heterocycles. The van der Waals surface area contributed by atoms with Crippen LogP contribution in [0.4, 0.5) is 0 Å². The molecule has 47 heavy (non-hydrogen) atoms. The van der Waals surface area contributed by atoms with Crippen molar-refractivity contribution >= 4 is 23.6 Å². The quantitative estimate of drug-likeness (QED) is 0.309. The molecule has 6 rings (SSSR count). The molecule has 0 saturated heterocycles. The molecule has 4 fully saturated rings. The standard InChI is InChI=1S/C39H53NO7/c1-36(2)30-13-17-38(4)27-12-16-37(3)15-11-25(35(45)47-21-24-9-7-6-8-10-24)19-28(37)26(27)20-29(41)34(38)39(30,5)18-14-31(36)40-32(42)22-46-23-33(43)44/h6-10,20,25,27-28,30-31,34H,11-19,21-23H2,1-5H3,(H,40,42)(H,43,44). The van der Waals surface area contributed by atoms with Gasteiger partial charge < -0.3 is 19.9 Å². The zero-order chi connectivity index (χ0) is 33.8. The number of benzene rings is 1. The number of aliphatic carboxylic acids is 1. The van der Waals surface area contributed by atoms with Crippen LogP contribution in [0.15, 0.2) is 42.0 Å². The normalized spacial score (nSPS) is 38.8. The van der Waals surface area contributed by atoms with Crippen LogP contribution in [0.5, 0.6) is 0 Å². The lowest BCUT2D eigenvalue weighted by Crippen LogP contribution is -2.65. The minimum Gasteiger partial charge on any atom is -0.480 e. The highest BCUT2D eigenvalue weighted by molar-refractivity contribution is 5.95. The van der Waals surface area contributed by atoms with Gasteiger partial charge in [0.2, 0.25) is 5.91 Å². The van der Waals surface area contributed by atoms with E-state index in [9.17, 15) is 19.2 Å². The van der Waals surface area contributed by atoms with Gasteiger partial charge in [0.25, 0.3) is 0 Å². The lowest BCUT2D eigenvalue weighted by molar-refractivity contribution is -0.174. The Morgan fingerprint density at radius 2 is 1.57 bits per heavy atom.